The lowest BCUT2D eigenvalue weighted by Crippen LogP contribution is -2.23. The number of hydrogen-bond donors (Lipinski definition) is 4. The van der Waals surface area contributed by atoms with Crippen LogP contribution in [0.5, 0.6) is 0 Å². The van der Waals surface area contributed by atoms with E-state index in [1.54, 1.807) is 13.0 Å². The molecule has 0 aliphatic heterocycles. The lowest BCUT2D eigenvalue weighted by atomic mass is 9.91. The van der Waals surface area contributed by atoms with Gasteiger partial charge in [0.15, 0.2) is 0 Å². The van der Waals surface area contributed by atoms with Crippen molar-refractivity contribution in [2.75, 3.05) is 0 Å². The van der Waals surface area contributed by atoms with Crippen molar-refractivity contribution >= 4 is 5.97 Å². The van der Waals surface area contributed by atoms with E-state index in [1.165, 1.54) is 0 Å². The Morgan fingerprint density at radius 3 is 2.27 bits per heavy atom. The van der Waals surface area contributed by atoms with E-state index in [0.29, 0.717) is 12.8 Å². The maximum Gasteiger partial charge on any atom is 0.303 e. The second-order valence-electron chi connectivity index (χ2n) is 7.10. The molecule has 0 radical (unpaired) electrons. The first kappa shape index (κ1) is 24.8. The first-order valence-electron chi connectivity index (χ1n) is 9.96. The molecule has 5 heteroatoms. The van der Waals surface area contributed by atoms with Crippen molar-refractivity contribution in [3.8, 4) is 0 Å². The summed E-state index contributed by atoms with van der Waals surface area (Å²) in [5.41, 5.74) is 0. The molecule has 0 rings (SSSR count). The van der Waals surface area contributed by atoms with Crippen LogP contribution in [0.1, 0.15) is 78.1 Å². The van der Waals surface area contributed by atoms with Crippen molar-refractivity contribution in [2.24, 2.45) is 5.92 Å². The number of allylic oxidation sites excluding steroid dienone is 2. The predicted octanol–water partition coefficient (Wildman–Crippen LogP) is 3.82. The fourth-order valence-corrected chi connectivity index (χ4v) is 2.81. The summed E-state index contributed by atoms with van der Waals surface area (Å²) in [6, 6.07) is 0. The third-order valence-electron chi connectivity index (χ3n) is 4.36. The molecule has 26 heavy (non-hydrogen) atoms. The van der Waals surface area contributed by atoms with Gasteiger partial charge in [-0.1, -0.05) is 50.5 Å². The Kier molecular flexibility index (Phi) is 15.3. The van der Waals surface area contributed by atoms with Crippen LogP contribution >= 0.6 is 0 Å². The number of carbonyl (C=O) groups is 1. The third-order valence-corrected chi connectivity index (χ3v) is 4.36. The van der Waals surface area contributed by atoms with Gasteiger partial charge in [-0.3, -0.25) is 4.79 Å². The zero-order valence-corrected chi connectivity index (χ0v) is 16.4. The summed E-state index contributed by atoms with van der Waals surface area (Å²) in [5.74, 6) is -0.892. The fraction of sp³-hybridized carbons (Fsp3) is 0.762. The van der Waals surface area contributed by atoms with E-state index in [4.69, 9.17) is 5.11 Å². The van der Waals surface area contributed by atoms with Crippen LogP contribution in [0, 0.1) is 5.92 Å². The quantitative estimate of drug-likeness (QED) is 0.244. The fourth-order valence-electron chi connectivity index (χ4n) is 2.81. The van der Waals surface area contributed by atoms with Crippen LogP contribution in [-0.2, 0) is 4.79 Å². The summed E-state index contributed by atoms with van der Waals surface area (Å²) in [7, 11) is 0. The molecule has 152 valence electrons. The molecule has 0 unspecified atom stereocenters. The Bertz CT molecular complexity index is 403. The van der Waals surface area contributed by atoms with Crippen molar-refractivity contribution < 1.29 is 25.2 Å². The van der Waals surface area contributed by atoms with E-state index in [0.717, 1.165) is 44.9 Å². The van der Waals surface area contributed by atoms with Crippen molar-refractivity contribution in [1.82, 2.24) is 0 Å². The van der Waals surface area contributed by atoms with Gasteiger partial charge in [0.2, 0.25) is 0 Å². The summed E-state index contributed by atoms with van der Waals surface area (Å²) in [5, 5.41) is 38.5. The normalized spacial score (nSPS) is 16.8. The molecular formula is C21H38O5. The maximum atomic E-state index is 10.4. The van der Waals surface area contributed by atoms with Gasteiger partial charge in [-0.2, -0.15) is 0 Å². The number of aliphatic hydroxyl groups is 3. The van der Waals surface area contributed by atoms with Gasteiger partial charge in [-0.25, -0.2) is 0 Å². The van der Waals surface area contributed by atoms with Gasteiger partial charge >= 0.3 is 5.97 Å². The summed E-state index contributed by atoms with van der Waals surface area (Å²) in [6.07, 6.45) is 13.2. The first-order valence-corrected chi connectivity index (χ1v) is 9.96. The van der Waals surface area contributed by atoms with Gasteiger partial charge < -0.3 is 20.4 Å². The van der Waals surface area contributed by atoms with Gasteiger partial charge in [0.05, 0.1) is 18.3 Å². The Balaban J connectivity index is 4.41. The number of carboxylic acid groups (broad SMARTS) is 1. The second kappa shape index (κ2) is 16.0. The van der Waals surface area contributed by atoms with Crippen LogP contribution in [-0.4, -0.2) is 44.7 Å². The van der Waals surface area contributed by atoms with E-state index >= 15 is 0 Å². The van der Waals surface area contributed by atoms with Crippen molar-refractivity contribution in [3.05, 3.63) is 24.3 Å². The highest BCUT2D eigenvalue weighted by Crippen LogP contribution is 2.19. The van der Waals surface area contributed by atoms with E-state index in [9.17, 15) is 20.1 Å². The van der Waals surface area contributed by atoms with Gasteiger partial charge in [-0.15, -0.1) is 0 Å². The monoisotopic (exact) mass is 370 g/mol. The third kappa shape index (κ3) is 15.1. The van der Waals surface area contributed by atoms with Crippen molar-refractivity contribution in [3.63, 3.8) is 0 Å². The Morgan fingerprint density at radius 2 is 1.65 bits per heavy atom. The van der Waals surface area contributed by atoms with Crippen LogP contribution in [0.3, 0.4) is 0 Å². The van der Waals surface area contributed by atoms with Gasteiger partial charge in [0, 0.05) is 12.3 Å². The van der Waals surface area contributed by atoms with Crippen LogP contribution < -0.4 is 0 Å². The van der Waals surface area contributed by atoms with E-state index < -0.39 is 24.3 Å². The Hall–Kier alpha value is -1.17. The zero-order chi connectivity index (χ0) is 19.8. The zero-order valence-electron chi connectivity index (χ0n) is 16.4. The molecule has 4 N–H and O–H groups in total. The van der Waals surface area contributed by atoms with Gasteiger partial charge in [0.25, 0.3) is 0 Å². The molecule has 0 spiro atoms. The number of rotatable bonds is 16. The molecule has 0 saturated carbocycles. The van der Waals surface area contributed by atoms with Crippen molar-refractivity contribution in [1.29, 1.82) is 0 Å². The summed E-state index contributed by atoms with van der Waals surface area (Å²) in [4.78, 5) is 10.4. The average molecular weight is 371 g/mol. The molecule has 0 aliphatic carbocycles. The number of aliphatic carboxylic acids is 1. The molecule has 0 fully saturated rings. The van der Waals surface area contributed by atoms with Gasteiger partial charge in [0.1, 0.15) is 0 Å². The molecule has 0 aromatic rings. The van der Waals surface area contributed by atoms with E-state index in [-0.39, 0.29) is 12.3 Å². The molecule has 0 amide bonds. The summed E-state index contributed by atoms with van der Waals surface area (Å²) >= 11 is 0. The minimum Gasteiger partial charge on any atom is -0.481 e. The van der Waals surface area contributed by atoms with Crippen molar-refractivity contribution in [2.45, 2.75) is 96.4 Å². The highest BCUT2D eigenvalue weighted by molar-refractivity contribution is 5.66. The lowest BCUT2D eigenvalue weighted by molar-refractivity contribution is -0.137. The largest absolute Gasteiger partial charge is 0.481 e. The topological polar surface area (TPSA) is 98.0 Å². The van der Waals surface area contributed by atoms with E-state index in [2.05, 4.69) is 6.92 Å². The molecule has 0 aromatic carbocycles. The smallest absolute Gasteiger partial charge is 0.303 e. The lowest BCUT2D eigenvalue weighted by Gasteiger charge is -2.21. The summed E-state index contributed by atoms with van der Waals surface area (Å²) in [6.45, 7) is 3.78. The second-order valence-corrected chi connectivity index (χ2v) is 7.10. The average Bonchev–Trinajstić information content (AvgIpc) is 2.55. The Morgan fingerprint density at radius 1 is 0.962 bits per heavy atom. The molecule has 0 aromatic heterocycles. The van der Waals surface area contributed by atoms with E-state index in [1.807, 2.05) is 18.2 Å². The maximum absolute atomic E-state index is 10.4. The predicted molar refractivity (Wildman–Crippen MR) is 105 cm³/mol. The molecule has 0 saturated heterocycles. The van der Waals surface area contributed by atoms with Crippen LogP contribution in [0.4, 0.5) is 0 Å². The molecule has 0 bridgehead atoms. The SMILES string of the molecule is CCCCC[C@H](O)/C=C/[C@H](CC/C=C\CCCC(=O)O)[C@H](O)C[C@@H](C)O. The molecule has 5 nitrogen and oxygen atoms in total. The minimum absolute atomic E-state index is 0.117. The Labute approximate surface area is 158 Å². The standard InChI is InChI=1S/C21H38O5/c1-3-4-8-12-19(23)15-14-18(20(24)16-17(2)22)11-9-6-5-7-10-13-21(25)26/h5-6,14-15,17-20,22-24H,3-4,7-13,16H2,1-2H3,(H,25,26)/b6-5-,15-14+/t17-,18+,19+,20-/m1/s1. The molecule has 4 atom stereocenters. The molecule has 0 aliphatic rings. The summed E-state index contributed by atoms with van der Waals surface area (Å²) < 4.78 is 0. The minimum atomic E-state index is -0.776. The first-order chi connectivity index (χ1) is 12.4. The highest BCUT2D eigenvalue weighted by atomic mass is 16.4. The molecule has 0 heterocycles. The van der Waals surface area contributed by atoms with Gasteiger partial charge in [-0.05, 0) is 45.4 Å². The number of hydrogen-bond acceptors (Lipinski definition) is 4. The number of carboxylic acids is 1. The van der Waals surface area contributed by atoms with Crippen LogP contribution in [0.2, 0.25) is 0 Å². The van der Waals surface area contributed by atoms with Crippen LogP contribution in [0.15, 0.2) is 24.3 Å². The number of unbranched alkanes of at least 4 members (excludes halogenated alkanes) is 3. The highest BCUT2D eigenvalue weighted by Gasteiger charge is 2.18. The van der Waals surface area contributed by atoms with Crippen LogP contribution in [0.25, 0.3) is 0 Å². The molecular weight excluding hydrogens is 332 g/mol. The number of aliphatic hydroxyl groups excluding tert-OH is 3.